The predicted octanol–water partition coefficient (Wildman–Crippen LogP) is 4.02. The molecule has 2 aromatic carbocycles. The lowest BCUT2D eigenvalue weighted by Gasteiger charge is -2.14. The van der Waals surface area contributed by atoms with E-state index in [-0.39, 0.29) is 24.8 Å². The lowest BCUT2D eigenvalue weighted by Crippen LogP contribution is -2.31. The van der Waals surface area contributed by atoms with Gasteiger partial charge in [0.2, 0.25) is 5.91 Å². The third-order valence-corrected chi connectivity index (χ3v) is 5.81. The van der Waals surface area contributed by atoms with Crippen molar-refractivity contribution >= 4 is 62.8 Å². The van der Waals surface area contributed by atoms with E-state index in [1.807, 2.05) is 30.3 Å². The van der Waals surface area contributed by atoms with Gasteiger partial charge in [0.1, 0.15) is 9.90 Å². The van der Waals surface area contributed by atoms with Gasteiger partial charge in [-0.1, -0.05) is 54.3 Å². The van der Waals surface area contributed by atoms with Crippen molar-refractivity contribution in [2.45, 2.75) is 6.42 Å². The molecule has 6 nitrogen and oxygen atoms in total. The van der Waals surface area contributed by atoms with Crippen molar-refractivity contribution in [2.75, 3.05) is 11.9 Å². The largest absolute Gasteiger partial charge is 0.423 e. The van der Waals surface area contributed by atoms with E-state index in [0.717, 1.165) is 5.56 Å². The highest BCUT2D eigenvalue weighted by Gasteiger charge is 2.32. The number of carbonyl (C=O) groups excluding carboxylic acids is 2. The fourth-order valence-corrected chi connectivity index (χ4v) is 4.29. The fourth-order valence-electron chi connectivity index (χ4n) is 2.98. The van der Waals surface area contributed by atoms with Crippen LogP contribution in [0.5, 0.6) is 0 Å². The Morgan fingerprint density at radius 2 is 1.90 bits per heavy atom. The molecule has 1 aromatic heterocycles. The molecule has 0 atom stereocenters. The molecule has 0 radical (unpaired) electrons. The van der Waals surface area contributed by atoms with E-state index in [1.165, 1.54) is 22.7 Å². The van der Waals surface area contributed by atoms with Crippen LogP contribution in [-0.4, -0.2) is 27.6 Å². The standard InChI is InChI=1S/C22H16N2O4S2/c25-19(23-16-7-8-17-15(13-16)6-9-20(26)28-17)10-11-24-21(27)18(30-22(24)29)12-14-4-2-1-3-5-14/h1-9,12-13H,10-11H2,(H,23,25)/b18-12-. The molecule has 8 heteroatoms. The molecular weight excluding hydrogens is 420 g/mol. The molecule has 1 saturated heterocycles. The van der Waals surface area contributed by atoms with E-state index in [0.29, 0.717) is 25.9 Å². The minimum absolute atomic E-state index is 0.104. The lowest BCUT2D eigenvalue weighted by molar-refractivity contribution is -0.122. The summed E-state index contributed by atoms with van der Waals surface area (Å²) in [5.74, 6) is -0.435. The molecule has 2 amide bonds. The second-order valence-corrected chi connectivity index (χ2v) is 8.23. The molecule has 0 unspecified atom stereocenters. The van der Waals surface area contributed by atoms with Crippen LogP contribution in [0.25, 0.3) is 17.0 Å². The van der Waals surface area contributed by atoms with Crippen LogP contribution in [0.2, 0.25) is 0 Å². The summed E-state index contributed by atoms with van der Waals surface area (Å²) < 4.78 is 5.52. The molecule has 1 N–H and O–H groups in total. The van der Waals surface area contributed by atoms with Crippen LogP contribution >= 0.6 is 24.0 Å². The average molecular weight is 437 g/mol. The van der Waals surface area contributed by atoms with Gasteiger partial charge in [0.15, 0.2) is 0 Å². The minimum atomic E-state index is -0.427. The first-order chi connectivity index (χ1) is 14.5. The van der Waals surface area contributed by atoms with Crippen molar-refractivity contribution in [3.63, 3.8) is 0 Å². The Balaban J connectivity index is 1.38. The van der Waals surface area contributed by atoms with Crippen molar-refractivity contribution in [3.05, 3.63) is 81.6 Å². The van der Waals surface area contributed by atoms with Crippen LogP contribution in [0.15, 0.2) is 74.8 Å². The topological polar surface area (TPSA) is 79.6 Å². The summed E-state index contributed by atoms with van der Waals surface area (Å²) in [7, 11) is 0. The van der Waals surface area contributed by atoms with E-state index in [9.17, 15) is 14.4 Å². The van der Waals surface area contributed by atoms with Crippen LogP contribution < -0.4 is 10.9 Å². The quantitative estimate of drug-likeness (QED) is 0.370. The second-order valence-electron chi connectivity index (χ2n) is 6.55. The number of benzene rings is 2. The van der Waals surface area contributed by atoms with Crippen LogP contribution in [0.4, 0.5) is 5.69 Å². The summed E-state index contributed by atoms with van der Waals surface area (Å²) in [6, 6.07) is 17.5. The molecule has 1 fully saturated rings. The summed E-state index contributed by atoms with van der Waals surface area (Å²) in [6.45, 7) is 0.199. The van der Waals surface area contributed by atoms with E-state index in [4.69, 9.17) is 16.6 Å². The molecule has 150 valence electrons. The van der Waals surface area contributed by atoms with Gasteiger partial charge in [-0.2, -0.15) is 0 Å². The van der Waals surface area contributed by atoms with Crippen LogP contribution in [0, 0.1) is 0 Å². The van der Waals surface area contributed by atoms with Gasteiger partial charge in [-0.05, 0) is 35.9 Å². The van der Waals surface area contributed by atoms with Crippen LogP contribution in [0.3, 0.4) is 0 Å². The summed E-state index contributed by atoms with van der Waals surface area (Å²) in [5, 5.41) is 3.50. The van der Waals surface area contributed by atoms with Gasteiger partial charge in [0.25, 0.3) is 5.91 Å². The highest BCUT2D eigenvalue weighted by Crippen LogP contribution is 2.32. The Labute approximate surface area is 181 Å². The molecular formula is C22H16N2O4S2. The number of thiocarbonyl (C=S) groups is 1. The Bertz CT molecular complexity index is 1230. The maximum absolute atomic E-state index is 12.6. The van der Waals surface area contributed by atoms with Gasteiger partial charge in [-0.15, -0.1) is 0 Å². The number of carbonyl (C=O) groups is 2. The predicted molar refractivity (Wildman–Crippen MR) is 122 cm³/mol. The maximum Gasteiger partial charge on any atom is 0.336 e. The number of nitrogens with zero attached hydrogens (tertiary/aromatic N) is 1. The Hall–Kier alpha value is -3.23. The van der Waals surface area contributed by atoms with E-state index < -0.39 is 5.63 Å². The average Bonchev–Trinajstić information content (AvgIpc) is 3.00. The third-order valence-electron chi connectivity index (χ3n) is 4.44. The third kappa shape index (κ3) is 4.50. The molecule has 0 aliphatic carbocycles. The van der Waals surface area contributed by atoms with Crippen molar-refractivity contribution in [2.24, 2.45) is 0 Å². The summed E-state index contributed by atoms with van der Waals surface area (Å²) in [4.78, 5) is 38.2. The number of rotatable bonds is 5. The number of hydrogen-bond acceptors (Lipinski definition) is 6. The van der Waals surface area contributed by atoms with Gasteiger partial charge >= 0.3 is 5.63 Å². The van der Waals surface area contributed by atoms with Crippen molar-refractivity contribution in [1.82, 2.24) is 4.90 Å². The SMILES string of the molecule is O=C(CCN1C(=O)/C(=C/c2ccccc2)SC1=S)Nc1ccc2oc(=O)ccc2c1. The highest BCUT2D eigenvalue weighted by molar-refractivity contribution is 8.26. The van der Waals surface area contributed by atoms with Gasteiger partial charge < -0.3 is 9.73 Å². The molecule has 2 heterocycles. The first kappa shape index (κ1) is 20.1. The lowest BCUT2D eigenvalue weighted by atomic mass is 10.2. The Kier molecular flexibility index (Phi) is 5.78. The van der Waals surface area contributed by atoms with E-state index in [2.05, 4.69) is 5.32 Å². The van der Waals surface area contributed by atoms with Gasteiger partial charge in [-0.3, -0.25) is 14.5 Å². The smallest absolute Gasteiger partial charge is 0.336 e. The molecule has 1 aliphatic heterocycles. The molecule has 4 rings (SSSR count). The van der Waals surface area contributed by atoms with Gasteiger partial charge in [0, 0.05) is 30.1 Å². The fraction of sp³-hybridized carbons (Fsp3) is 0.0909. The highest BCUT2D eigenvalue weighted by atomic mass is 32.2. The van der Waals surface area contributed by atoms with Crippen molar-refractivity contribution in [3.8, 4) is 0 Å². The normalized spacial score (nSPS) is 15.2. The Morgan fingerprint density at radius 3 is 2.70 bits per heavy atom. The zero-order chi connectivity index (χ0) is 21.1. The first-order valence-corrected chi connectivity index (χ1v) is 10.4. The van der Waals surface area contributed by atoms with E-state index in [1.54, 1.807) is 30.3 Å². The number of anilines is 1. The van der Waals surface area contributed by atoms with E-state index >= 15 is 0 Å². The second kappa shape index (κ2) is 8.64. The molecule has 1 aliphatic rings. The van der Waals surface area contributed by atoms with Gasteiger partial charge in [-0.25, -0.2) is 4.79 Å². The first-order valence-electron chi connectivity index (χ1n) is 9.14. The Morgan fingerprint density at radius 1 is 1.10 bits per heavy atom. The molecule has 0 bridgehead atoms. The van der Waals surface area contributed by atoms with Crippen molar-refractivity contribution in [1.29, 1.82) is 0 Å². The molecule has 0 saturated carbocycles. The van der Waals surface area contributed by atoms with Gasteiger partial charge in [0.05, 0.1) is 4.91 Å². The zero-order valence-electron chi connectivity index (χ0n) is 15.7. The monoisotopic (exact) mass is 436 g/mol. The maximum atomic E-state index is 12.6. The number of nitrogens with one attached hydrogen (secondary N) is 1. The minimum Gasteiger partial charge on any atom is -0.423 e. The number of hydrogen-bond donors (Lipinski definition) is 1. The molecule has 0 spiro atoms. The summed E-state index contributed by atoms with van der Waals surface area (Å²) in [6.07, 6.45) is 1.90. The van der Waals surface area contributed by atoms with Crippen LogP contribution in [0.1, 0.15) is 12.0 Å². The molecule has 30 heavy (non-hydrogen) atoms. The number of amides is 2. The van der Waals surface area contributed by atoms with Crippen molar-refractivity contribution < 1.29 is 14.0 Å². The molecule has 3 aromatic rings. The number of fused-ring (bicyclic) bond motifs is 1. The summed E-state index contributed by atoms with van der Waals surface area (Å²) in [5.41, 5.74) is 1.52. The zero-order valence-corrected chi connectivity index (χ0v) is 17.3. The van der Waals surface area contributed by atoms with Crippen LogP contribution in [-0.2, 0) is 9.59 Å². The number of thioether (sulfide) groups is 1. The summed E-state index contributed by atoms with van der Waals surface area (Å²) >= 11 is 6.55.